The average molecular weight is 388 g/mol. The summed E-state index contributed by atoms with van der Waals surface area (Å²) in [5.41, 5.74) is 0. The van der Waals surface area contributed by atoms with Gasteiger partial charge in [0, 0.05) is 25.9 Å². The molecule has 0 fully saturated rings. The summed E-state index contributed by atoms with van der Waals surface area (Å²) in [7, 11) is 0. The van der Waals surface area contributed by atoms with Gasteiger partial charge >= 0.3 is 43.7 Å². The standard InChI is InChI=1S/C18H32O2.Ca.Zn.2H/c1-2-3-4-5-6-7-8-9-10-11-12-13-14-15-16-17-18(19)20;;;;/h6-7,9-10H,2-5,8,11-17H2,1H3,(H,19,20);;;;/b7-6-,10-9-;;;;. The first kappa shape index (κ1) is 27.7. The third-order valence-electron chi connectivity index (χ3n) is 3.34. The van der Waals surface area contributed by atoms with Crippen LogP contribution in [-0.2, 0) is 24.3 Å². The minimum absolute atomic E-state index is 0. The Morgan fingerprint density at radius 2 is 1.32 bits per heavy atom. The van der Waals surface area contributed by atoms with E-state index in [0.717, 1.165) is 25.7 Å². The third-order valence-corrected chi connectivity index (χ3v) is 3.34. The maximum absolute atomic E-state index is 10.3. The molecular weight excluding hydrogens is 354 g/mol. The second-order valence-electron chi connectivity index (χ2n) is 5.37. The molecule has 0 atom stereocenters. The van der Waals surface area contributed by atoms with Crippen molar-refractivity contribution in [3.8, 4) is 0 Å². The topological polar surface area (TPSA) is 37.3 Å². The Kier molecular flexibility index (Phi) is 30.3. The van der Waals surface area contributed by atoms with Gasteiger partial charge in [-0.2, -0.15) is 0 Å². The monoisotopic (exact) mass is 386 g/mol. The van der Waals surface area contributed by atoms with Crippen molar-refractivity contribution in [1.29, 1.82) is 0 Å². The van der Waals surface area contributed by atoms with Gasteiger partial charge in [0.15, 0.2) is 0 Å². The molecule has 0 spiro atoms. The predicted octanol–water partition coefficient (Wildman–Crippen LogP) is 4.97. The van der Waals surface area contributed by atoms with Gasteiger partial charge in [-0.3, -0.25) is 4.79 Å². The summed E-state index contributed by atoms with van der Waals surface area (Å²) in [5, 5.41) is 8.50. The molecule has 2 nitrogen and oxygen atoms in total. The molecular formula is C18H34CaO2Zn. The number of carboxylic acids is 1. The van der Waals surface area contributed by atoms with Crippen molar-refractivity contribution >= 4 is 43.7 Å². The molecule has 0 radical (unpaired) electrons. The average Bonchev–Trinajstić information content (AvgIpc) is 2.43. The molecule has 0 aromatic heterocycles. The smallest absolute Gasteiger partial charge is 0 e. The molecule has 4 heteroatoms. The summed E-state index contributed by atoms with van der Waals surface area (Å²) < 4.78 is 0. The number of allylic oxidation sites excluding steroid dienone is 4. The summed E-state index contributed by atoms with van der Waals surface area (Å²) >= 11 is 0. The van der Waals surface area contributed by atoms with Gasteiger partial charge in [0.05, 0.1) is 0 Å². The Morgan fingerprint density at radius 1 is 0.818 bits per heavy atom. The summed E-state index contributed by atoms with van der Waals surface area (Å²) in [6.07, 6.45) is 22.3. The zero-order chi connectivity index (χ0) is 14.9. The number of unbranched alkanes of at least 4 members (excludes halogenated alkanes) is 8. The minimum Gasteiger partial charge on any atom is 0 e. The summed E-state index contributed by atoms with van der Waals surface area (Å²) in [4.78, 5) is 10.3. The molecule has 0 saturated carbocycles. The van der Waals surface area contributed by atoms with Gasteiger partial charge in [-0.1, -0.05) is 63.3 Å². The van der Waals surface area contributed by atoms with E-state index >= 15 is 0 Å². The molecule has 0 unspecified atom stereocenters. The normalized spacial score (nSPS) is 10.6. The van der Waals surface area contributed by atoms with Crippen LogP contribution in [0.15, 0.2) is 24.3 Å². The molecule has 1 N–H and O–H groups in total. The van der Waals surface area contributed by atoms with E-state index in [2.05, 4.69) is 31.2 Å². The van der Waals surface area contributed by atoms with Crippen LogP contribution in [0.3, 0.4) is 0 Å². The number of carbonyl (C=O) groups is 1. The van der Waals surface area contributed by atoms with Crippen molar-refractivity contribution in [2.75, 3.05) is 0 Å². The third kappa shape index (κ3) is 25.8. The number of aliphatic carboxylic acids is 1. The quantitative estimate of drug-likeness (QED) is 0.259. The fourth-order valence-corrected chi connectivity index (χ4v) is 2.09. The van der Waals surface area contributed by atoms with E-state index in [-0.39, 0.29) is 57.2 Å². The van der Waals surface area contributed by atoms with Crippen LogP contribution in [0.5, 0.6) is 0 Å². The fraction of sp³-hybridized carbons (Fsp3) is 0.722. The Bertz CT molecular complexity index is 278. The summed E-state index contributed by atoms with van der Waals surface area (Å²) in [6.45, 7) is 2.23. The number of carboxylic acid groups (broad SMARTS) is 1. The molecule has 0 aromatic rings. The molecule has 122 valence electrons. The molecule has 0 heterocycles. The van der Waals surface area contributed by atoms with Crippen molar-refractivity contribution in [3.05, 3.63) is 24.3 Å². The van der Waals surface area contributed by atoms with Crippen molar-refractivity contribution < 1.29 is 29.4 Å². The largest absolute Gasteiger partial charge is 0 e. The van der Waals surface area contributed by atoms with Gasteiger partial charge in [0.2, 0.25) is 0 Å². The Labute approximate surface area is 180 Å². The van der Waals surface area contributed by atoms with E-state index in [1.807, 2.05) is 0 Å². The van der Waals surface area contributed by atoms with E-state index in [4.69, 9.17) is 5.11 Å². The first-order valence-corrected chi connectivity index (χ1v) is 8.29. The van der Waals surface area contributed by atoms with E-state index in [0.29, 0.717) is 6.42 Å². The van der Waals surface area contributed by atoms with E-state index in [1.54, 1.807) is 0 Å². The fourth-order valence-electron chi connectivity index (χ4n) is 2.09. The van der Waals surface area contributed by atoms with Crippen LogP contribution >= 0.6 is 0 Å². The maximum atomic E-state index is 10.3. The Morgan fingerprint density at radius 3 is 1.86 bits per heavy atom. The molecule has 0 aliphatic carbocycles. The maximum Gasteiger partial charge on any atom is 0 e. The summed E-state index contributed by atoms with van der Waals surface area (Å²) in [5.74, 6) is -0.671. The van der Waals surface area contributed by atoms with Crippen LogP contribution in [0, 0.1) is 0 Å². The van der Waals surface area contributed by atoms with Crippen LogP contribution in [0.4, 0.5) is 0 Å². The molecule has 0 amide bonds. The van der Waals surface area contributed by atoms with E-state index < -0.39 is 5.97 Å². The van der Waals surface area contributed by atoms with E-state index in [9.17, 15) is 4.79 Å². The van der Waals surface area contributed by atoms with Crippen molar-refractivity contribution in [3.63, 3.8) is 0 Å². The number of hydrogen-bond donors (Lipinski definition) is 1. The van der Waals surface area contributed by atoms with Crippen LogP contribution in [0.25, 0.3) is 0 Å². The first-order valence-electron chi connectivity index (χ1n) is 8.29. The number of rotatable bonds is 14. The molecule has 0 bridgehead atoms. The van der Waals surface area contributed by atoms with Gasteiger partial charge in [-0.15, -0.1) is 0 Å². The van der Waals surface area contributed by atoms with Gasteiger partial charge in [-0.05, 0) is 38.5 Å². The van der Waals surface area contributed by atoms with Crippen molar-refractivity contribution in [1.82, 2.24) is 0 Å². The predicted molar refractivity (Wildman–Crippen MR) is 95.5 cm³/mol. The Balaban J connectivity index is -0.00000180. The second-order valence-corrected chi connectivity index (χ2v) is 5.37. The van der Waals surface area contributed by atoms with E-state index in [1.165, 1.54) is 44.9 Å². The first-order chi connectivity index (χ1) is 9.77. The van der Waals surface area contributed by atoms with Crippen LogP contribution in [-0.4, -0.2) is 48.8 Å². The molecule has 22 heavy (non-hydrogen) atoms. The van der Waals surface area contributed by atoms with Gasteiger partial charge < -0.3 is 5.11 Å². The van der Waals surface area contributed by atoms with Crippen LogP contribution in [0.2, 0.25) is 0 Å². The Hall–Kier alpha value is 0.833. The SMILES string of the molecule is CCCCC/C=C\C/C=C\CCCCCCCC(=O)O.[CaH2].[Zn]. The molecule has 0 aliphatic heterocycles. The summed E-state index contributed by atoms with van der Waals surface area (Å²) in [6, 6.07) is 0. The van der Waals surface area contributed by atoms with Crippen molar-refractivity contribution in [2.45, 2.75) is 84.0 Å². The second kappa shape index (κ2) is 24.1. The zero-order valence-corrected chi connectivity index (χ0v) is 16.8. The van der Waals surface area contributed by atoms with Crippen molar-refractivity contribution in [2.24, 2.45) is 0 Å². The van der Waals surface area contributed by atoms with Crippen LogP contribution < -0.4 is 0 Å². The molecule has 0 aliphatic rings. The molecule has 0 rings (SSSR count). The minimum atomic E-state index is -0.671. The van der Waals surface area contributed by atoms with Gasteiger partial charge in [0.25, 0.3) is 0 Å². The van der Waals surface area contributed by atoms with Gasteiger partial charge in [0.1, 0.15) is 0 Å². The number of hydrogen-bond acceptors (Lipinski definition) is 1. The molecule has 0 saturated heterocycles. The molecule has 0 aromatic carbocycles. The van der Waals surface area contributed by atoms with Gasteiger partial charge in [-0.25, -0.2) is 0 Å². The zero-order valence-electron chi connectivity index (χ0n) is 13.9. The van der Waals surface area contributed by atoms with Crippen LogP contribution in [0.1, 0.15) is 84.0 Å².